The third-order valence-corrected chi connectivity index (χ3v) is 4.77. The number of anilines is 2. The van der Waals surface area contributed by atoms with E-state index in [-0.39, 0.29) is 24.2 Å². The van der Waals surface area contributed by atoms with Gasteiger partial charge in [0.1, 0.15) is 0 Å². The summed E-state index contributed by atoms with van der Waals surface area (Å²) in [4.78, 5) is 14.5. The van der Waals surface area contributed by atoms with Crippen LogP contribution >= 0.6 is 12.4 Å². The Bertz CT molecular complexity index is 669. The number of piperidine rings is 1. The number of halogens is 1. The topological polar surface area (TPSA) is 44.4 Å². The molecule has 1 aliphatic rings. The van der Waals surface area contributed by atoms with Crippen LogP contribution < -0.4 is 15.5 Å². The lowest BCUT2D eigenvalue weighted by Crippen LogP contribution is -2.40. The van der Waals surface area contributed by atoms with Gasteiger partial charge in [0.05, 0.1) is 5.92 Å². The van der Waals surface area contributed by atoms with Gasteiger partial charge in [-0.2, -0.15) is 0 Å². The van der Waals surface area contributed by atoms with Crippen LogP contribution in [0.4, 0.5) is 11.4 Å². The Hall–Kier alpha value is -2.04. The molecule has 0 aromatic heterocycles. The number of hydrogen-bond acceptors (Lipinski definition) is 3. The number of nitrogens with zero attached hydrogens (tertiary/aromatic N) is 1. The lowest BCUT2D eigenvalue weighted by atomic mass is 9.99. The number of carbonyl (C=O) groups excluding carboxylic acids is 1. The summed E-state index contributed by atoms with van der Waals surface area (Å²) in [5, 5.41) is 6.36. The van der Waals surface area contributed by atoms with Crippen LogP contribution in [0.25, 0.3) is 0 Å². The average molecular weight is 374 g/mol. The van der Waals surface area contributed by atoms with E-state index in [0.717, 1.165) is 38.0 Å². The molecule has 1 atom stereocenters. The highest BCUT2D eigenvalue weighted by Gasteiger charge is 2.20. The summed E-state index contributed by atoms with van der Waals surface area (Å²) in [6.45, 7) is 5.48. The maximum absolute atomic E-state index is 12.2. The highest BCUT2D eigenvalue weighted by molar-refractivity contribution is 5.85. The zero-order valence-corrected chi connectivity index (χ0v) is 16.1. The van der Waals surface area contributed by atoms with Crippen molar-refractivity contribution in [1.29, 1.82) is 0 Å². The molecule has 2 N–H and O–H groups in total. The standard InChI is InChI=1S/C21H27N3O.ClH/c1-2-24(19-8-4-3-5-9-19)20-12-10-17(11-13-20)15-23-21(25)18-7-6-14-22-16-18;/h3-5,8-13,18,22H,2,6-7,14-16H2,1H3,(H,23,25);1H. The van der Waals surface area contributed by atoms with Gasteiger partial charge in [-0.1, -0.05) is 30.3 Å². The number of hydrogen-bond donors (Lipinski definition) is 2. The largest absolute Gasteiger partial charge is 0.352 e. The number of benzene rings is 2. The van der Waals surface area contributed by atoms with Crippen LogP contribution in [-0.2, 0) is 11.3 Å². The maximum atomic E-state index is 12.2. The molecule has 1 aliphatic heterocycles. The summed E-state index contributed by atoms with van der Waals surface area (Å²) in [6.07, 6.45) is 2.07. The lowest BCUT2D eigenvalue weighted by Gasteiger charge is -2.24. The van der Waals surface area contributed by atoms with E-state index in [4.69, 9.17) is 0 Å². The SMILES string of the molecule is CCN(c1ccccc1)c1ccc(CNC(=O)C2CCCNC2)cc1.Cl. The Morgan fingerprint density at radius 2 is 1.81 bits per heavy atom. The molecule has 5 heteroatoms. The molecule has 0 radical (unpaired) electrons. The number of nitrogens with one attached hydrogen (secondary N) is 2. The van der Waals surface area contributed by atoms with E-state index >= 15 is 0 Å². The van der Waals surface area contributed by atoms with Gasteiger partial charge in [0.25, 0.3) is 0 Å². The Morgan fingerprint density at radius 1 is 1.12 bits per heavy atom. The van der Waals surface area contributed by atoms with Crippen molar-refractivity contribution < 1.29 is 4.79 Å². The third kappa shape index (κ3) is 5.23. The molecule has 1 heterocycles. The predicted molar refractivity (Wildman–Crippen MR) is 110 cm³/mol. The molecule has 1 unspecified atom stereocenters. The van der Waals surface area contributed by atoms with Gasteiger partial charge in [0.15, 0.2) is 0 Å². The summed E-state index contributed by atoms with van der Waals surface area (Å²) in [6, 6.07) is 18.8. The van der Waals surface area contributed by atoms with Gasteiger partial charge in [-0.25, -0.2) is 0 Å². The first-order chi connectivity index (χ1) is 12.3. The van der Waals surface area contributed by atoms with E-state index in [0.29, 0.717) is 6.54 Å². The third-order valence-electron chi connectivity index (χ3n) is 4.77. The van der Waals surface area contributed by atoms with Gasteiger partial charge in [-0.05, 0) is 56.1 Å². The van der Waals surface area contributed by atoms with Crippen LogP contribution in [0.1, 0.15) is 25.3 Å². The molecule has 0 saturated carbocycles. The molecule has 1 amide bonds. The van der Waals surface area contributed by atoms with Gasteiger partial charge in [0, 0.05) is 31.0 Å². The van der Waals surface area contributed by atoms with Gasteiger partial charge >= 0.3 is 0 Å². The second-order valence-electron chi connectivity index (χ2n) is 6.51. The van der Waals surface area contributed by atoms with Crippen molar-refractivity contribution in [2.75, 3.05) is 24.5 Å². The molecular weight excluding hydrogens is 346 g/mol. The minimum Gasteiger partial charge on any atom is -0.352 e. The number of rotatable bonds is 6. The van der Waals surface area contributed by atoms with Crippen LogP contribution in [0.3, 0.4) is 0 Å². The molecular formula is C21H28ClN3O. The van der Waals surface area contributed by atoms with Crippen molar-refractivity contribution in [3.05, 3.63) is 60.2 Å². The molecule has 0 spiro atoms. The van der Waals surface area contributed by atoms with Crippen molar-refractivity contribution in [2.24, 2.45) is 5.92 Å². The molecule has 0 aliphatic carbocycles. The first kappa shape index (κ1) is 20.3. The Balaban J connectivity index is 0.00000243. The van der Waals surface area contributed by atoms with E-state index in [2.05, 4.69) is 71.0 Å². The number of amides is 1. The molecule has 140 valence electrons. The number of para-hydroxylation sites is 1. The molecule has 2 aromatic rings. The summed E-state index contributed by atoms with van der Waals surface area (Å²) >= 11 is 0. The lowest BCUT2D eigenvalue weighted by molar-refractivity contribution is -0.125. The summed E-state index contributed by atoms with van der Waals surface area (Å²) in [7, 11) is 0. The van der Waals surface area contributed by atoms with Crippen molar-refractivity contribution in [3.63, 3.8) is 0 Å². The van der Waals surface area contributed by atoms with Gasteiger partial charge in [0.2, 0.25) is 5.91 Å². The highest BCUT2D eigenvalue weighted by atomic mass is 35.5. The van der Waals surface area contributed by atoms with E-state index in [1.165, 1.54) is 11.4 Å². The zero-order valence-electron chi connectivity index (χ0n) is 15.3. The smallest absolute Gasteiger partial charge is 0.224 e. The molecule has 2 aromatic carbocycles. The molecule has 26 heavy (non-hydrogen) atoms. The second-order valence-corrected chi connectivity index (χ2v) is 6.51. The van der Waals surface area contributed by atoms with Crippen molar-refractivity contribution in [3.8, 4) is 0 Å². The van der Waals surface area contributed by atoms with E-state index < -0.39 is 0 Å². The molecule has 3 rings (SSSR count). The Kier molecular flexibility index (Phi) is 7.95. The fraction of sp³-hybridized carbons (Fsp3) is 0.381. The minimum absolute atomic E-state index is 0. The maximum Gasteiger partial charge on any atom is 0.224 e. The molecule has 1 fully saturated rings. The second kappa shape index (κ2) is 10.2. The first-order valence-corrected chi connectivity index (χ1v) is 9.18. The summed E-state index contributed by atoms with van der Waals surface area (Å²) in [5.74, 6) is 0.275. The van der Waals surface area contributed by atoms with Crippen LogP contribution in [0.15, 0.2) is 54.6 Å². The van der Waals surface area contributed by atoms with Crippen LogP contribution in [0, 0.1) is 5.92 Å². The average Bonchev–Trinajstić information content (AvgIpc) is 2.69. The van der Waals surface area contributed by atoms with E-state index in [9.17, 15) is 4.79 Å². The monoisotopic (exact) mass is 373 g/mol. The quantitative estimate of drug-likeness (QED) is 0.807. The first-order valence-electron chi connectivity index (χ1n) is 9.18. The molecule has 4 nitrogen and oxygen atoms in total. The molecule has 0 bridgehead atoms. The Morgan fingerprint density at radius 3 is 2.42 bits per heavy atom. The van der Waals surface area contributed by atoms with Gasteiger partial charge in [-0.15, -0.1) is 12.4 Å². The fourth-order valence-corrected chi connectivity index (χ4v) is 3.33. The van der Waals surface area contributed by atoms with E-state index in [1.54, 1.807) is 0 Å². The Labute approximate surface area is 162 Å². The highest BCUT2D eigenvalue weighted by Crippen LogP contribution is 2.25. The van der Waals surface area contributed by atoms with Crippen molar-refractivity contribution >= 4 is 29.7 Å². The normalized spacial score (nSPS) is 16.4. The summed E-state index contributed by atoms with van der Waals surface area (Å²) in [5.41, 5.74) is 3.49. The zero-order chi connectivity index (χ0) is 17.5. The minimum atomic E-state index is 0. The number of carbonyl (C=O) groups is 1. The van der Waals surface area contributed by atoms with Crippen molar-refractivity contribution in [1.82, 2.24) is 10.6 Å². The van der Waals surface area contributed by atoms with Gasteiger partial charge in [-0.3, -0.25) is 4.79 Å². The van der Waals surface area contributed by atoms with Gasteiger partial charge < -0.3 is 15.5 Å². The van der Waals surface area contributed by atoms with Crippen LogP contribution in [0.5, 0.6) is 0 Å². The van der Waals surface area contributed by atoms with E-state index in [1.807, 2.05) is 6.07 Å². The van der Waals surface area contributed by atoms with Crippen LogP contribution in [0.2, 0.25) is 0 Å². The fourth-order valence-electron chi connectivity index (χ4n) is 3.33. The van der Waals surface area contributed by atoms with Crippen molar-refractivity contribution in [2.45, 2.75) is 26.3 Å². The van der Waals surface area contributed by atoms with Crippen LogP contribution in [-0.4, -0.2) is 25.5 Å². The predicted octanol–water partition coefficient (Wildman–Crippen LogP) is 3.88. The molecule has 1 saturated heterocycles. The summed E-state index contributed by atoms with van der Waals surface area (Å²) < 4.78 is 0.